The van der Waals surface area contributed by atoms with Gasteiger partial charge in [0.15, 0.2) is 16.4 Å². The van der Waals surface area contributed by atoms with Crippen molar-refractivity contribution >= 4 is 33.3 Å². The number of nitrogens with one attached hydrogen (secondary N) is 2. The number of amides is 2. The number of sulfone groups is 1. The molecule has 2 N–H and O–H groups in total. The van der Waals surface area contributed by atoms with Crippen LogP contribution in [0.1, 0.15) is 6.42 Å². The van der Waals surface area contributed by atoms with Gasteiger partial charge >= 0.3 is 0 Å². The Kier molecular flexibility index (Phi) is 5.84. The molecule has 7 nitrogen and oxygen atoms in total. The van der Waals surface area contributed by atoms with Crippen LogP contribution in [0.4, 0.5) is 0 Å². The zero-order valence-electron chi connectivity index (χ0n) is 12.2. The molecule has 1 aliphatic rings. The minimum Gasteiger partial charge on any atom is -0.484 e. The summed E-state index contributed by atoms with van der Waals surface area (Å²) >= 11 is 5.73. The first-order valence-corrected chi connectivity index (χ1v) is 9.19. The molecular weight excluding hydrogens is 344 g/mol. The predicted octanol–water partition coefficient (Wildman–Crippen LogP) is 0.138. The molecule has 0 saturated carbocycles. The van der Waals surface area contributed by atoms with E-state index in [-0.39, 0.29) is 30.7 Å². The van der Waals surface area contributed by atoms with Crippen LogP contribution in [0.3, 0.4) is 0 Å². The minimum atomic E-state index is -3.05. The Morgan fingerprint density at radius 1 is 1.22 bits per heavy atom. The van der Waals surface area contributed by atoms with Gasteiger partial charge in [0.1, 0.15) is 5.75 Å². The smallest absolute Gasteiger partial charge is 0.258 e. The highest BCUT2D eigenvalue weighted by molar-refractivity contribution is 7.91. The van der Waals surface area contributed by atoms with Crippen molar-refractivity contribution in [2.24, 2.45) is 0 Å². The van der Waals surface area contributed by atoms with E-state index >= 15 is 0 Å². The molecule has 0 bridgehead atoms. The first-order valence-electron chi connectivity index (χ1n) is 6.99. The number of carbonyl (C=O) groups is 2. The molecule has 23 heavy (non-hydrogen) atoms. The van der Waals surface area contributed by atoms with Crippen LogP contribution in [0.2, 0.25) is 5.02 Å². The van der Waals surface area contributed by atoms with Crippen LogP contribution in [0.15, 0.2) is 24.3 Å². The van der Waals surface area contributed by atoms with Crippen LogP contribution < -0.4 is 15.4 Å². The molecule has 126 valence electrons. The second kappa shape index (κ2) is 7.65. The molecule has 0 aliphatic carbocycles. The maximum atomic E-state index is 11.7. The molecule has 0 spiro atoms. The molecule has 1 fully saturated rings. The zero-order chi connectivity index (χ0) is 16.9. The quantitative estimate of drug-likeness (QED) is 0.751. The fourth-order valence-electron chi connectivity index (χ4n) is 2.10. The number of hydrogen-bond donors (Lipinski definition) is 2. The van der Waals surface area contributed by atoms with Gasteiger partial charge in [-0.05, 0) is 30.7 Å². The van der Waals surface area contributed by atoms with Crippen LogP contribution in [0.25, 0.3) is 0 Å². The Bertz CT molecular complexity index is 675. The average molecular weight is 361 g/mol. The topological polar surface area (TPSA) is 102 Å². The number of rotatable bonds is 6. The van der Waals surface area contributed by atoms with E-state index in [2.05, 4.69) is 10.6 Å². The number of benzene rings is 1. The van der Waals surface area contributed by atoms with E-state index in [0.717, 1.165) is 0 Å². The lowest BCUT2D eigenvalue weighted by Crippen LogP contribution is -2.43. The van der Waals surface area contributed by atoms with Crippen molar-refractivity contribution in [1.29, 1.82) is 0 Å². The van der Waals surface area contributed by atoms with Gasteiger partial charge in [0, 0.05) is 11.1 Å². The van der Waals surface area contributed by atoms with Gasteiger partial charge < -0.3 is 15.4 Å². The third kappa shape index (κ3) is 6.07. The minimum absolute atomic E-state index is 0.0492. The van der Waals surface area contributed by atoms with Crippen molar-refractivity contribution in [3.63, 3.8) is 0 Å². The van der Waals surface area contributed by atoms with E-state index in [1.165, 1.54) is 0 Å². The normalized spacial score (nSPS) is 19.1. The van der Waals surface area contributed by atoms with Gasteiger partial charge in [0.05, 0.1) is 18.1 Å². The lowest BCUT2D eigenvalue weighted by molar-refractivity contribution is -0.127. The Hall–Kier alpha value is -1.80. The maximum absolute atomic E-state index is 11.7. The molecule has 1 saturated heterocycles. The molecule has 0 radical (unpaired) electrons. The zero-order valence-corrected chi connectivity index (χ0v) is 13.8. The molecule has 9 heteroatoms. The summed E-state index contributed by atoms with van der Waals surface area (Å²) in [6, 6.07) is 6.15. The molecule has 2 rings (SSSR count). The van der Waals surface area contributed by atoms with Gasteiger partial charge in [-0.15, -0.1) is 0 Å². The monoisotopic (exact) mass is 360 g/mol. The maximum Gasteiger partial charge on any atom is 0.258 e. The van der Waals surface area contributed by atoms with Crippen LogP contribution >= 0.6 is 11.6 Å². The van der Waals surface area contributed by atoms with Crippen LogP contribution in [-0.2, 0) is 19.4 Å². The molecule has 1 unspecified atom stereocenters. The fourth-order valence-corrected chi connectivity index (χ4v) is 3.90. The van der Waals surface area contributed by atoms with Gasteiger partial charge in [0.25, 0.3) is 5.91 Å². The van der Waals surface area contributed by atoms with Gasteiger partial charge in [-0.3, -0.25) is 9.59 Å². The van der Waals surface area contributed by atoms with Crippen molar-refractivity contribution < 1.29 is 22.7 Å². The Labute approximate surface area is 139 Å². The van der Waals surface area contributed by atoms with Crippen molar-refractivity contribution in [3.8, 4) is 5.75 Å². The number of halogens is 1. The average Bonchev–Trinajstić information content (AvgIpc) is 2.83. The Balaban J connectivity index is 1.66. The molecule has 1 atom stereocenters. The first kappa shape index (κ1) is 17.6. The lowest BCUT2D eigenvalue weighted by Gasteiger charge is -2.11. The summed E-state index contributed by atoms with van der Waals surface area (Å²) in [6.45, 7) is -0.452. The summed E-state index contributed by atoms with van der Waals surface area (Å²) < 4.78 is 27.8. The van der Waals surface area contributed by atoms with Gasteiger partial charge in [-0.25, -0.2) is 8.42 Å². The second-order valence-corrected chi connectivity index (χ2v) is 7.85. The first-order chi connectivity index (χ1) is 10.8. The van der Waals surface area contributed by atoms with Crippen molar-refractivity contribution in [2.75, 3.05) is 24.7 Å². The third-order valence-electron chi connectivity index (χ3n) is 3.23. The molecular formula is C14H17ClN2O5S. The summed E-state index contributed by atoms with van der Waals surface area (Å²) in [6.07, 6.45) is 0.404. The molecule has 1 aromatic rings. The Morgan fingerprint density at radius 3 is 2.52 bits per heavy atom. The predicted molar refractivity (Wildman–Crippen MR) is 85.2 cm³/mol. The van der Waals surface area contributed by atoms with Gasteiger partial charge in [0.2, 0.25) is 5.91 Å². The van der Waals surface area contributed by atoms with E-state index in [1.807, 2.05) is 0 Å². The highest BCUT2D eigenvalue weighted by Gasteiger charge is 2.28. The van der Waals surface area contributed by atoms with E-state index in [4.69, 9.17) is 16.3 Å². The van der Waals surface area contributed by atoms with Crippen LogP contribution in [-0.4, -0.2) is 50.9 Å². The third-order valence-corrected chi connectivity index (χ3v) is 5.25. The molecule has 1 aromatic carbocycles. The highest BCUT2D eigenvalue weighted by Crippen LogP contribution is 2.15. The number of carbonyl (C=O) groups excluding carboxylic acids is 2. The van der Waals surface area contributed by atoms with Crippen molar-refractivity contribution in [2.45, 2.75) is 12.5 Å². The van der Waals surface area contributed by atoms with Crippen molar-refractivity contribution in [1.82, 2.24) is 10.6 Å². The SMILES string of the molecule is O=C(COc1ccc(Cl)cc1)NCC(=O)NC1CCS(=O)(=O)C1. The number of hydrogen-bond acceptors (Lipinski definition) is 5. The summed E-state index contributed by atoms with van der Waals surface area (Å²) in [4.78, 5) is 23.2. The number of ether oxygens (including phenoxy) is 1. The summed E-state index contributed by atoms with van der Waals surface area (Å²) in [5, 5.41) is 5.55. The molecule has 2 amide bonds. The van der Waals surface area contributed by atoms with E-state index in [0.29, 0.717) is 17.2 Å². The van der Waals surface area contributed by atoms with E-state index in [1.54, 1.807) is 24.3 Å². The molecule has 1 aliphatic heterocycles. The summed E-state index contributed by atoms with van der Waals surface area (Å²) in [5.74, 6) is -0.350. The van der Waals surface area contributed by atoms with Crippen LogP contribution in [0.5, 0.6) is 5.75 Å². The molecule has 1 heterocycles. The van der Waals surface area contributed by atoms with Crippen LogP contribution in [0, 0.1) is 0 Å². The van der Waals surface area contributed by atoms with Crippen molar-refractivity contribution in [3.05, 3.63) is 29.3 Å². The largest absolute Gasteiger partial charge is 0.484 e. The molecule has 0 aromatic heterocycles. The standard InChI is InChI=1S/C14H17ClN2O5S/c15-10-1-3-12(4-2-10)22-8-14(19)16-7-13(18)17-11-5-6-23(20,21)9-11/h1-4,11H,5-9H2,(H,16,19)(H,17,18). The fraction of sp³-hybridized carbons (Fsp3) is 0.429. The van der Waals surface area contributed by atoms with E-state index < -0.39 is 21.7 Å². The van der Waals surface area contributed by atoms with E-state index in [9.17, 15) is 18.0 Å². The highest BCUT2D eigenvalue weighted by atomic mass is 35.5. The Morgan fingerprint density at radius 2 is 1.91 bits per heavy atom. The lowest BCUT2D eigenvalue weighted by atomic mass is 10.2. The summed E-state index contributed by atoms with van der Waals surface area (Å²) in [7, 11) is -3.05. The van der Waals surface area contributed by atoms with Gasteiger partial charge in [-0.2, -0.15) is 0 Å². The second-order valence-electron chi connectivity index (χ2n) is 5.19. The summed E-state index contributed by atoms with van der Waals surface area (Å²) in [5.41, 5.74) is 0. The van der Waals surface area contributed by atoms with Gasteiger partial charge in [-0.1, -0.05) is 11.6 Å².